The Bertz CT molecular complexity index is 296. The average Bonchev–Trinajstić information content (AvgIpc) is 2.39. The van der Waals surface area contributed by atoms with Gasteiger partial charge in [-0.3, -0.25) is 9.11 Å². The van der Waals surface area contributed by atoms with E-state index in [1.807, 2.05) is 0 Å². The second-order valence-corrected chi connectivity index (χ2v) is 6.93. The van der Waals surface area contributed by atoms with E-state index in [2.05, 4.69) is 13.8 Å². The first-order chi connectivity index (χ1) is 10.3. The lowest BCUT2D eigenvalue weighted by molar-refractivity contribution is 0.282. The predicted molar refractivity (Wildman–Crippen MR) is 91.5 cm³/mol. The Morgan fingerprint density at radius 1 is 0.773 bits per heavy atom. The summed E-state index contributed by atoms with van der Waals surface area (Å²) in [6.45, 7) is 5.05. The van der Waals surface area contributed by atoms with Gasteiger partial charge < -0.3 is 5.11 Å². The Kier molecular flexibility index (Phi) is 18.8. The molecule has 0 aliphatic carbocycles. The fourth-order valence-electron chi connectivity index (χ4n) is 2.48. The number of aliphatic hydroxyl groups excluding tert-OH is 1. The highest BCUT2D eigenvalue weighted by atomic mass is 32.3. The van der Waals surface area contributed by atoms with Gasteiger partial charge in [0.2, 0.25) is 0 Å². The molecule has 3 N–H and O–H groups in total. The lowest BCUT2D eigenvalue weighted by Crippen LogP contribution is -1.93. The molecule has 1 unspecified atom stereocenters. The Morgan fingerprint density at radius 2 is 1.14 bits per heavy atom. The average molecular weight is 341 g/mol. The summed E-state index contributed by atoms with van der Waals surface area (Å²) in [5, 5.41) is 8.65. The summed E-state index contributed by atoms with van der Waals surface area (Å²) < 4.78 is 31.6. The van der Waals surface area contributed by atoms with Crippen molar-refractivity contribution in [3.8, 4) is 0 Å². The van der Waals surface area contributed by atoms with Crippen LogP contribution >= 0.6 is 0 Å². The molecule has 0 saturated carbocycles. The van der Waals surface area contributed by atoms with Crippen molar-refractivity contribution in [2.24, 2.45) is 5.92 Å². The summed E-state index contributed by atoms with van der Waals surface area (Å²) in [5.41, 5.74) is 0. The zero-order valence-electron chi connectivity index (χ0n) is 14.3. The number of hydrogen-bond donors (Lipinski definition) is 3. The van der Waals surface area contributed by atoms with E-state index in [1.54, 1.807) is 0 Å². The summed E-state index contributed by atoms with van der Waals surface area (Å²) in [6.07, 6.45) is 16.2. The van der Waals surface area contributed by atoms with E-state index in [9.17, 15) is 0 Å². The molecule has 0 heterocycles. The maximum atomic E-state index is 8.74. The molecule has 0 amide bonds. The second kappa shape index (κ2) is 17.2. The first kappa shape index (κ1) is 24.1. The molecule has 5 nitrogen and oxygen atoms in total. The van der Waals surface area contributed by atoms with Gasteiger partial charge in [0.05, 0.1) is 0 Å². The molecule has 0 aromatic heterocycles. The zero-order valence-corrected chi connectivity index (χ0v) is 15.2. The Morgan fingerprint density at radius 3 is 1.50 bits per heavy atom. The van der Waals surface area contributed by atoms with E-state index >= 15 is 0 Å². The van der Waals surface area contributed by atoms with Gasteiger partial charge in [0.15, 0.2) is 0 Å². The number of unbranched alkanes of at least 4 members (excludes halogenated alkanes) is 8. The van der Waals surface area contributed by atoms with Crippen LogP contribution in [-0.2, 0) is 10.4 Å². The van der Waals surface area contributed by atoms with Crippen LogP contribution in [0.1, 0.15) is 90.9 Å². The molecular weight excluding hydrogens is 304 g/mol. The molecule has 0 saturated heterocycles. The fraction of sp³-hybridized carbons (Fsp3) is 1.00. The van der Waals surface area contributed by atoms with Crippen LogP contribution in [0.5, 0.6) is 0 Å². The van der Waals surface area contributed by atoms with Crippen LogP contribution in [-0.4, -0.2) is 29.2 Å². The van der Waals surface area contributed by atoms with Crippen LogP contribution < -0.4 is 0 Å². The minimum atomic E-state index is -4.67. The van der Waals surface area contributed by atoms with Gasteiger partial charge in [0.1, 0.15) is 0 Å². The molecule has 0 radical (unpaired) electrons. The number of rotatable bonds is 13. The molecule has 22 heavy (non-hydrogen) atoms. The molecule has 136 valence electrons. The van der Waals surface area contributed by atoms with Crippen LogP contribution in [0, 0.1) is 5.92 Å². The Balaban J connectivity index is 0. The second-order valence-electron chi connectivity index (χ2n) is 6.04. The molecule has 1 atom stereocenters. The summed E-state index contributed by atoms with van der Waals surface area (Å²) in [5.74, 6) is 0.943. The van der Waals surface area contributed by atoms with Gasteiger partial charge in [0.25, 0.3) is 0 Å². The first-order valence-electron chi connectivity index (χ1n) is 8.62. The van der Waals surface area contributed by atoms with Crippen LogP contribution in [0.15, 0.2) is 0 Å². The zero-order chi connectivity index (χ0) is 17.3. The molecule has 0 aromatic carbocycles. The molecule has 0 spiro atoms. The minimum Gasteiger partial charge on any atom is -0.396 e. The van der Waals surface area contributed by atoms with Crippen molar-refractivity contribution in [3.05, 3.63) is 0 Å². The van der Waals surface area contributed by atoms with Gasteiger partial charge in [0, 0.05) is 6.61 Å². The highest BCUT2D eigenvalue weighted by Gasteiger charge is 1.99. The van der Waals surface area contributed by atoms with Gasteiger partial charge in [-0.15, -0.1) is 0 Å². The van der Waals surface area contributed by atoms with Crippen molar-refractivity contribution < 1.29 is 22.6 Å². The van der Waals surface area contributed by atoms with Crippen LogP contribution in [0.3, 0.4) is 0 Å². The maximum Gasteiger partial charge on any atom is 0.394 e. The van der Waals surface area contributed by atoms with E-state index < -0.39 is 10.4 Å². The third-order valence-electron chi connectivity index (χ3n) is 3.64. The van der Waals surface area contributed by atoms with E-state index in [4.69, 9.17) is 22.6 Å². The van der Waals surface area contributed by atoms with Gasteiger partial charge in [-0.05, 0) is 12.3 Å². The fourth-order valence-corrected chi connectivity index (χ4v) is 2.48. The van der Waals surface area contributed by atoms with Gasteiger partial charge in [-0.25, -0.2) is 0 Å². The third kappa shape index (κ3) is 32.0. The summed E-state index contributed by atoms with van der Waals surface area (Å²) in [7, 11) is -4.67. The molecule has 0 aliphatic rings. The SMILES string of the molecule is CCCC(C)CCCCCCCCCCCO.O=S(=O)(O)O. The topological polar surface area (TPSA) is 94.8 Å². The Labute approximate surface area is 137 Å². The normalized spacial score (nSPS) is 12.6. The third-order valence-corrected chi connectivity index (χ3v) is 3.64. The highest BCUT2D eigenvalue weighted by molar-refractivity contribution is 7.79. The smallest absolute Gasteiger partial charge is 0.394 e. The molecule has 0 aliphatic heterocycles. The van der Waals surface area contributed by atoms with Crippen molar-refractivity contribution in [3.63, 3.8) is 0 Å². The van der Waals surface area contributed by atoms with E-state index in [0.717, 1.165) is 12.3 Å². The molecule has 0 fully saturated rings. The van der Waals surface area contributed by atoms with Crippen LogP contribution in [0.2, 0.25) is 0 Å². The number of hydrogen-bond acceptors (Lipinski definition) is 3. The van der Waals surface area contributed by atoms with E-state index in [-0.39, 0.29) is 0 Å². The van der Waals surface area contributed by atoms with Crippen molar-refractivity contribution in [1.29, 1.82) is 0 Å². The van der Waals surface area contributed by atoms with Crippen molar-refractivity contribution in [1.82, 2.24) is 0 Å². The molecule has 0 rings (SSSR count). The maximum absolute atomic E-state index is 8.74. The lowest BCUT2D eigenvalue weighted by Gasteiger charge is -2.09. The largest absolute Gasteiger partial charge is 0.396 e. The van der Waals surface area contributed by atoms with Crippen LogP contribution in [0.4, 0.5) is 0 Å². The van der Waals surface area contributed by atoms with Crippen molar-refractivity contribution in [2.45, 2.75) is 90.9 Å². The van der Waals surface area contributed by atoms with Gasteiger partial charge >= 0.3 is 10.4 Å². The van der Waals surface area contributed by atoms with Crippen LogP contribution in [0.25, 0.3) is 0 Å². The lowest BCUT2D eigenvalue weighted by atomic mass is 9.98. The molecule has 6 heteroatoms. The molecular formula is C16H36O5S. The summed E-state index contributed by atoms with van der Waals surface area (Å²) in [4.78, 5) is 0. The first-order valence-corrected chi connectivity index (χ1v) is 10.0. The standard InChI is InChI=1S/C16H34O.H2O4S/c1-3-13-16(2)14-11-9-7-5-4-6-8-10-12-15-17;1-5(2,3)4/h16-17H,3-15H2,1-2H3;(H2,1,2,3,4). The van der Waals surface area contributed by atoms with Crippen molar-refractivity contribution in [2.75, 3.05) is 6.61 Å². The van der Waals surface area contributed by atoms with Gasteiger partial charge in [-0.1, -0.05) is 84.5 Å². The molecule has 0 aromatic rings. The summed E-state index contributed by atoms with van der Waals surface area (Å²) >= 11 is 0. The van der Waals surface area contributed by atoms with Gasteiger partial charge in [-0.2, -0.15) is 8.42 Å². The minimum absolute atomic E-state index is 0.371. The van der Waals surface area contributed by atoms with E-state index in [1.165, 1.54) is 70.6 Å². The monoisotopic (exact) mass is 340 g/mol. The molecule has 0 bridgehead atoms. The van der Waals surface area contributed by atoms with Crippen molar-refractivity contribution >= 4 is 10.4 Å². The van der Waals surface area contributed by atoms with E-state index in [0.29, 0.717) is 6.61 Å². The highest BCUT2D eigenvalue weighted by Crippen LogP contribution is 2.16. The quantitative estimate of drug-likeness (QED) is 0.335. The number of aliphatic hydroxyl groups is 1. The summed E-state index contributed by atoms with van der Waals surface area (Å²) in [6, 6.07) is 0. The Hall–Kier alpha value is -0.170. The predicted octanol–water partition coefficient (Wildman–Crippen LogP) is 4.66.